The smallest absolute Gasteiger partial charge is 0.295 e. The Bertz CT molecular complexity index is 911. The van der Waals surface area contributed by atoms with Crippen LogP contribution in [-0.4, -0.2) is 35.4 Å². The van der Waals surface area contributed by atoms with Crippen LogP contribution in [0.15, 0.2) is 46.4 Å². The zero-order chi connectivity index (χ0) is 20.3. The molecule has 0 radical (unpaired) electrons. The van der Waals surface area contributed by atoms with Crippen molar-refractivity contribution in [2.75, 3.05) is 13.7 Å². The van der Waals surface area contributed by atoms with Crippen LogP contribution in [0, 0.1) is 6.92 Å². The minimum absolute atomic E-state index is 0.0455. The molecule has 1 aliphatic heterocycles. The molecular formula is C22H25NO5. The number of hydrogen-bond acceptors (Lipinski definition) is 5. The van der Waals surface area contributed by atoms with E-state index in [0.717, 1.165) is 19.3 Å². The summed E-state index contributed by atoms with van der Waals surface area (Å²) >= 11 is 0. The highest BCUT2D eigenvalue weighted by molar-refractivity contribution is 6.46. The Balaban J connectivity index is 2.10. The maximum atomic E-state index is 12.8. The number of hydrogen-bond donors (Lipinski definition) is 1. The van der Waals surface area contributed by atoms with E-state index in [0.29, 0.717) is 29.4 Å². The van der Waals surface area contributed by atoms with Crippen molar-refractivity contribution in [2.24, 2.45) is 0 Å². The number of benzene rings is 1. The number of furan rings is 1. The average molecular weight is 383 g/mol. The monoisotopic (exact) mass is 383 g/mol. The first-order chi connectivity index (χ1) is 13.5. The topological polar surface area (TPSA) is 80.0 Å². The van der Waals surface area contributed by atoms with Gasteiger partial charge in [0, 0.05) is 12.1 Å². The number of likely N-dealkylation sites (tertiary alicyclic amines) is 1. The molecule has 2 aromatic rings. The molecule has 148 valence electrons. The predicted molar refractivity (Wildman–Crippen MR) is 105 cm³/mol. The van der Waals surface area contributed by atoms with Gasteiger partial charge >= 0.3 is 0 Å². The molecule has 0 bridgehead atoms. The summed E-state index contributed by atoms with van der Waals surface area (Å²) < 4.78 is 10.9. The second kappa shape index (κ2) is 8.33. The Hall–Kier alpha value is -3.02. The molecule has 2 heterocycles. The maximum absolute atomic E-state index is 12.8. The number of aryl methyl sites for hydroxylation is 1. The first-order valence-electron chi connectivity index (χ1n) is 9.47. The van der Waals surface area contributed by atoms with E-state index in [9.17, 15) is 14.7 Å². The number of aliphatic hydroxyl groups is 1. The third-order valence-corrected chi connectivity index (χ3v) is 4.92. The number of rotatable bonds is 7. The van der Waals surface area contributed by atoms with E-state index in [4.69, 9.17) is 9.15 Å². The standard InChI is InChI=1S/C22H25NO5/c1-4-5-6-12-23-19(17-11-10-14(2)28-17)18(21(25)22(23)26)20(24)15-8-7-9-16(13-15)27-3/h7-11,13,19,24H,4-6,12H2,1-3H3/b20-18-. The number of amides is 1. The largest absolute Gasteiger partial charge is 0.507 e. The number of unbranched alkanes of at least 4 members (excludes halogenated alkanes) is 2. The molecule has 1 saturated heterocycles. The molecule has 0 saturated carbocycles. The SMILES string of the molecule is CCCCCN1C(=O)C(=O)/C(=C(\O)c2cccc(OC)c2)C1c1ccc(C)o1. The van der Waals surface area contributed by atoms with Crippen LogP contribution in [0.2, 0.25) is 0 Å². The van der Waals surface area contributed by atoms with Gasteiger partial charge in [0.05, 0.1) is 12.7 Å². The van der Waals surface area contributed by atoms with Gasteiger partial charge < -0.3 is 19.2 Å². The molecule has 6 nitrogen and oxygen atoms in total. The van der Waals surface area contributed by atoms with Crippen molar-refractivity contribution in [3.8, 4) is 5.75 Å². The Labute approximate surface area is 164 Å². The van der Waals surface area contributed by atoms with Crippen LogP contribution in [0.4, 0.5) is 0 Å². The summed E-state index contributed by atoms with van der Waals surface area (Å²) in [6.07, 6.45) is 2.72. The van der Waals surface area contributed by atoms with Gasteiger partial charge in [0.25, 0.3) is 11.7 Å². The van der Waals surface area contributed by atoms with Crippen LogP contribution in [-0.2, 0) is 9.59 Å². The van der Waals surface area contributed by atoms with E-state index in [2.05, 4.69) is 6.92 Å². The zero-order valence-electron chi connectivity index (χ0n) is 16.4. The van der Waals surface area contributed by atoms with Gasteiger partial charge in [-0.2, -0.15) is 0 Å². The van der Waals surface area contributed by atoms with Gasteiger partial charge in [0.1, 0.15) is 29.1 Å². The van der Waals surface area contributed by atoms with Crippen LogP contribution >= 0.6 is 0 Å². The van der Waals surface area contributed by atoms with Crippen molar-refractivity contribution in [3.63, 3.8) is 0 Å². The summed E-state index contributed by atoms with van der Waals surface area (Å²) in [5, 5.41) is 10.9. The minimum atomic E-state index is -0.739. The lowest BCUT2D eigenvalue weighted by atomic mass is 9.99. The van der Waals surface area contributed by atoms with Crippen LogP contribution < -0.4 is 4.74 Å². The molecule has 0 spiro atoms. The van der Waals surface area contributed by atoms with Gasteiger partial charge in [-0.25, -0.2) is 0 Å². The summed E-state index contributed by atoms with van der Waals surface area (Å²) in [4.78, 5) is 27.1. The minimum Gasteiger partial charge on any atom is -0.507 e. The molecule has 1 aromatic carbocycles. The predicted octanol–water partition coefficient (Wildman–Crippen LogP) is 4.21. The molecule has 1 N–H and O–H groups in total. The highest BCUT2D eigenvalue weighted by Gasteiger charge is 2.47. The fourth-order valence-electron chi connectivity index (χ4n) is 3.46. The molecule has 1 atom stereocenters. The number of carbonyl (C=O) groups excluding carboxylic acids is 2. The number of ether oxygens (including phenoxy) is 1. The lowest BCUT2D eigenvalue weighted by molar-refractivity contribution is -0.140. The summed E-state index contributed by atoms with van der Waals surface area (Å²) in [6, 6.07) is 9.56. The first kappa shape index (κ1) is 19.7. The molecule has 6 heteroatoms. The normalized spacial score (nSPS) is 18.7. The fraction of sp³-hybridized carbons (Fsp3) is 0.364. The van der Waals surface area contributed by atoms with Gasteiger partial charge in [-0.1, -0.05) is 31.9 Å². The van der Waals surface area contributed by atoms with Gasteiger partial charge in [-0.15, -0.1) is 0 Å². The van der Waals surface area contributed by atoms with Crippen LogP contribution in [0.5, 0.6) is 5.75 Å². The number of nitrogens with zero attached hydrogens (tertiary/aromatic N) is 1. The Morgan fingerprint density at radius 3 is 2.64 bits per heavy atom. The van der Waals surface area contributed by atoms with Crippen molar-refractivity contribution >= 4 is 17.4 Å². The summed E-state index contributed by atoms with van der Waals surface area (Å²) in [5.41, 5.74) is 0.461. The van der Waals surface area contributed by atoms with E-state index in [1.54, 1.807) is 43.3 Å². The van der Waals surface area contributed by atoms with Crippen molar-refractivity contribution in [1.29, 1.82) is 0 Å². The van der Waals surface area contributed by atoms with Gasteiger partial charge in [-0.05, 0) is 37.6 Å². The number of aliphatic hydroxyl groups excluding tert-OH is 1. The lowest BCUT2D eigenvalue weighted by Crippen LogP contribution is -2.30. The highest BCUT2D eigenvalue weighted by atomic mass is 16.5. The lowest BCUT2D eigenvalue weighted by Gasteiger charge is -2.23. The molecular weight excluding hydrogens is 358 g/mol. The van der Waals surface area contributed by atoms with Crippen LogP contribution in [0.1, 0.15) is 49.3 Å². The van der Waals surface area contributed by atoms with E-state index >= 15 is 0 Å². The van der Waals surface area contributed by atoms with Gasteiger partial charge in [0.2, 0.25) is 0 Å². The first-order valence-corrected chi connectivity index (χ1v) is 9.47. The van der Waals surface area contributed by atoms with Crippen molar-refractivity contribution in [2.45, 2.75) is 39.2 Å². The van der Waals surface area contributed by atoms with Crippen LogP contribution in [0.3, 0.4) is 0 Å². The molecule has 1 unspecified atom stereocenters. The summed E-state index contributed by atoms with van der Waals surface area (Å²) in [7, 11) is 1.53. The second-order valence-electron chi connectivity index (χ2n) is 6.88. The summed E-state index contributed by atoms with van der Waals surface area (Å²) in [5.74, 6) is 0.157. The van der Waals surface area contributed by atoms with Gasteiger partial charge in [-0.3, -0.25) is 9.59 Å². The third-order valence-electron chi connectivity index (χ3n) is 4.92. The molecule has 1 fully saturated rings. The fourth-order valence-corrected chi connectivity index (χ4v) is 3.46. The molecule has 28 heavy (non-hydrogen) atoms. The van der Waals surface area contributed by atoms with E-state index < -0.39 is 17.7 Å². The average Bonchev–Trinajstić information content (AvgIpc) is 3.23. The van der Waals surface area contributed by atoms with Crippen LogP contribution in [0.25, 0.3) is 5.76 Å². The molecule has 1 aliphatic rings. The quantitative estimate of drug-likeness (QED) is 0.335. The number of carbonyl (C=O) groups is 2. The number of Topliss-reactive ketones (excluding diaryl/α,β-unsaturated/α-hetero) is 1. The summed E-state index contributed by atoms with van der Waals surface area (Å²) in [6.45, 7) is 4.30. The Morgan fingerprint density at radius 1 is 1.21 bits per heavy atom. The number of methoxy groups -OCH3 is 1. The maximum Gasteiger partial charge on any atom is 0.295 e. The van der Waals surface area contributed by atoms with E-state index in [1.807, 2.05) is 0 Å². The molecule has 3 rings (SSSR count). The molecule has 1 amide bonds. The molecule has 0 aliphatic carbocycles. The third kappa shape index (κ3) is 3.67. The van der Waals surface area contributed by atoms with E-state index in [-0.39, 0.29) is 11.3 Å². The van der Waals surface area contributed by atoms with Gasteiger partial charge in [0.15, 0.2) is 0 Å². The Kier molecular flexibility index (Phi) is 5.87. The van der Waals surface area contributed by atoms with Crippen molar-refractivity contribution in [1.82, 2.24) is 4.90 Å². The zero-order valence-corrected chi connectivity index (χ0v) is 16.4. The van der Waals surface area contributed by atoms with Crippen molar-refractivity contribution < 1.29 is 23.8 Å². The highest BCUT2D eigenvalue weighted by Crippen LogP contribution is 2.40. The van der Waals surface area contributed by atoms with Crippen molar-refractivity contribution in [3.05, 3.63) is 59.1 Å². The Morgan fingerprint density at radius 2 is 2.00 bits per heavy atom. The number of ketones is 1. The second-order valence-corrected chi connectivity index (χ2v) is 6.88. The van der Waals surface area contributed by atoms with E-state index in [1.165, 1.54) is 12.0 Å². The molecule has 1 aromatic heterocycles.